The largest absolute Gasteiger partial charge is 0.480 e. The van der Waals surface area contributed by atoms with Crippen LogP contribution in [0.1, 0.15) is 110 Å². The van der Waals surface area contributed by atoms with Gasteiger partial charge in [-0.25, -0.2) is 9.78 Å². The molecule has 400 valence electrons. The van der Waals surface area contributed by atoms with Crippen molar-refractivity contribution in [3.05, 3.63) is 90.0 Å². The van der Waals surface area contributed by atoms with Gasteiger partial charge < -0.3 is 57.7 Å². The molecule has 11 N–H and O–H groups in total. The Labute approximate surface area is 428 Å². The van der Waals surface area contributed by atoms with Crippen LogP contribution in [0.3, 0.4) is 0 Å². The lowest BCUT2D eigenvalue weighted by Gasteiger charge is -2.31. The number of aliphatic carboxylic acids is 1. The highest BCUT2D eigenvalue weighted by Crippen LogP contribution is 2.21. The van der Waals surface area contributed by atoms with Crippen LogP contribution >= 0.6 is 0 Å². The van der Waals surface area contributed by atoms with Gasteiger partial charge in [-0.3, -0.25) is 33.6 Å². The van der Waals surface area contributed by atoms with Crippen molar-refractivity contribution in [2.45, 2.75) is 161 Å². The summed E-state index contributed by atoms with van der Waals surface area (Å²) in [5, 5.41) is 38.2. The van der Waals surface area contributed by atoms with E-state index in [9.17, 15) is 48.6 Å². The number of aliphatic hydroxyl groups is 1. The fourth-order valence-electron chi connectivity index (χ4n) is 8.73. The Bertz CT molecular complexity index is 2240. The summed E-state index contributed by atoms with van der Waals surface area (Å²) in [5.74, 6) is -5.90. The lowest BCUT2D eigenvalue weighted by Crippen LogP contribution is -2.59. The molecule has 1 aliphatic rings. The first-order chi connectivity index (χ1) is 34.8. The van der Waals surface area contributed by atoms with Crippen molar-refractivity contribution < 1.29 is 48.6 Å². The zero-order valence-electron chi connectivity index (χ0n) is 43.1. The van der Waals surface area contributed by atoms with Crippen LogP contribution in [0.15, 0.2) is 73.2 Å². The van der Waals surface area contributed by atoms with E-state index in [-0.39, 0.29) is 62.8 Å². The summed E-state index contributed by atoms with van der Waals surface area (Å²) in [6.07, 6.45) is 3.54. The van der Waals surface area contributed by atoms with Gasteiger partial charge in [0.15, 0.2) is 0 Å². The molecule has 1 aliphatic heterocycles. The maximum absolute atomic E-state index is 14.5. The minimum atomic E-state index is -1.45. The Balaban J connectivity index is 1.51. The zero-order chi connectivity index (χ0) is 53.6. The number of carboxylic acids is 1. The van der Waals surface area contributed by atoms with Crippen LogP contribution in [0.5, 0.6) is 0 Å². The Kier molecular flexibility index (Phi) is 24.0. The first kappa shape index (κ1) is 58.9. The number of carbonyl (C=O) groups is 8. The molecule has 1 unspecified atom stereocenters. The molecule has 4 rings (SSSR count). The first-order valence-electron chi connectivity index (χ1n) is 25.5. The number of hydrogen-bond acceptors (Lipinski definition) is 11. The Hall–Kier alpha value is -6.67. The Morgan fingerprint density at radius 2 is 1.26 bits per heavy atom. The summed E-state index contributed by atoms with van der Waals surface area (Å²) in [6.45, 7) is 11.4. The zero-order valence-corrected chi connectivity index (χ0v) is 43.1. The second-order valence-electron chi connectivity index (χ2n) is 20.1. The number of rotatable bonds is 30. The molecule has 0 saturated carbocycles. The van der Waals surface area contributed by atoms with Crippen molar-refractivity contribution in [1.82, 2.24) is 46.8 Å². The van der Waals surface area contributed by atoms with Crippen LogP contribution in [0.2, 0.25) is 0 Å². The third-order valence-electron chi connectivity index (χ3n) is 12.6. The summed E-state index contributed by atoms with van der Waals surface area (Å²) in [4.78, 5) is 118. The van der Waals surface area contributed by atoms with Crippen molar-refractivity contribution in [2.75, 3.05) is 13.1 Å². The molecular weight excluding hydrogens is 937 g/mol. The second kappa shape index (κ2) is 29.7. The molecular formula is C53H78N10O10. The molecule has 1 aromatic heterocycles. The number of H-pyrrole nitrogens is 1. The van der Waals surface area contributed by atoms with Crippen molar-refractivity contribution in [2.24, 2.45) is 23.5 Å². The minimum absolute atomic E-state index is 0.0211. The van der Waals surface area contributed by atoms with Crippen LogP contribution in [0, 0.1) is 17.8 Å². The van der Waals surface area contributed by atoms with E-state index in [0.29, 0.717) is 49.0 Å². The van der Waals surface area contributed by atoms with Gasteiger partial charge in [0.2, 0.25) is 41.4 Å². The lowest BCUT2D eigenvalue weighted by molar-refractivity contribution is -0.142. The fourth-order valence-corrected chi connectivity index (χ4v) is 8.73. The number of nitrogens with zero attached hydrogens (tertiary/aromatic N) is 2. The third kappa shape index (κ3) is 19.7. The predicted octanol–water partition coefficient (Wildman–Crippen LogP) is 2.05. The topological polar surface area (TPSA) is 307 Å². The van der Waals surface area contributed by atoms with E-state index in [2.05, 4.69) is 41.9 Å². The SMILES string of the molecule is CC(C)CC(NC(=O)[C@H](CCCCN)NC(=O)[C@H](Cc1ccccc1)NC(=O)[C@@H]1CCCN1C(=O)[C@H](Cc1cnc[nH]1)NC(=O)C(C)C)[C@@H](O)CC(=O)N[C@@H](CC(C)C)C(=O)N[C@@H](Cc1ccccc1)C(=O)O. The average Bonchev–Trinajstić information content (AvgIpc) is 4.06. The summed E-state index contributed by atoms with van der Waals surface area (Å²) in [7, 11) is 0. The summed E-state index contributed by atoms with van der Waals surface area (Å²) in [5.41, 5.74) is 7.84. The van der Waals surface area contributed by atoms with Gasteiger partial charge >= 0.3 is 5.97 Å². The second-order valence-corrected chi connectivity index (χ2v) is 20.1. The van der Waals surface area contributed by atoms with Crippen molar-refractivity contribution in [3.8, 4) is 0 Å². The van der Waals surface area contributed by atoms with E-state index in [1.165, 1.54) is 11.2 Å². The van der Waals surface area contributed by atoms with E-state index in [1.54, 1.807) is 74.6 Å². The standard InChI is InChI=1S/C53H78N10O10/c1-32(2)24-39(45(64)29-46(65)57-40(25-33(3)4)49(68)62-43(53(72)73)27-36-18-11-8-12-19-36)59-48(67)38(20-13-14-22-54)58-50(69)41(26-35-16-9-7-10-17-35)60-51(70)44-21-15-23-63(44)52(71)42(61-47(66)34(5)6)28-37-30-55-31-56-37/h7-12,16-19,30-34,38-45,64H,13-15,20-29,54H2,1-6H3,(H,55,56)(H,57,65)(H,58,69)(H,59,67)(H,60,70)(H,61,66)(H,62,68)(H,72,73)/t38-,39?,40-,41-,42-,43-,44-,45-/m0/s1. The normalized spacial score (nSPS) is 16.4. The molecule has 0 spiro atoms. The Morgan fingerprint density at radius 3 is 1.82 bits per heavy atom. The number of carboxylic acid groups (broad SMARTS) is 1. The lowest BCUT2D eigenvalue weighted by atomic mass is 9.95. The monoisotopic (exact) mass is 1010 g/mol. The molecule has 0 aliphatic carbocycles. The highest BCUT2D eigenvalue weighted by atomic mass is 16.4. The number of carbonyl (C=O) groups excluding carboxylic acids is 7. The molecule has 20 nitrogen and oxygen atoms in total. The molecule has 2 heterocycles. The number of aromatic amines is 1. The molecule has 73 heavy (non-hydrogen) atoms. The number of unbranched alkanes of at least 4 members (excludes halogenated alkanes) is 1. The predicted molar refractivity (Wildman–Crippen MR) is 274 cm³/mol. The molecule has 20 heteroatoms. The van der Waals surface area contributed by atoms with Gasteiger partial charge in [-0.2, -0.15) is 0 Å². The molecule has 0 bridgehead atoms. The van der Waals surface area contributed by atoms with E-state index in [0.717, 1.165) is 0 Å². The van der Waals surface area contributed by atoms with Gasteiger partial charge in [-0.1, -0.05) is 102 Å². The van der Waals surface area contributed by atoms with Crippen LogP contribution in [0.4, 0.5) is 0 Å². The summed E-state index contributed by atoms with van der Waals surface area (Å²) >= 11 is 0. The fraction of sp³-hybridized carbons (Fsp3) is 0.566. The van der Waals surface area contributed by atoms with Crippen molar-refractivity contribution in [3.63, 3.8) is 0 Å². The molecule has 3 aromatic rings. The number of likely N-dealkylation sites (tertiary alicyclic amines) is 1. The molecule has 2 aromatic carbocycles. The number of benzene rings is 2. The summed E-state index contributed by atoms with van der Waals surface area (Å²) < 4.78 is 0. The molecule has 0 radical (unpaired) electrons. The quantitative estimate of drug-likeness (QED) is 0.0430. The average molecular weight is 1020 g/mol. The molecule has 7 amide bonds. The number of amides is 7. The first-order valence-corrected chi connectivity index (χ1v) is 25.5. The maximum Gasteiger partial charge on any atom is 0.326 e. The number of hydrogen-bond donors (Lipinski definition) is 10. The van der Waals surface area contributed by atoms with E-state index >= 15 is 0 Å². The van der Waals surface area contributed by atoms with Crippen LogP contribution < -0.4 is 37.6 Å². The van der Waals surface area contributed by atoms with Gasteiger partial charge in [0, 0.05) is 43.6 Å². The third-order valence-corrected chi connectivity index (χ3v) is 12.6. The molecule has 1 fully saturated rings. The van der Waals surface area contributed by atoms with E-state index < -0.39 is 102 Å². The number of nitrogens with two attached hydrogens (primary N) is 1. The Morgan fingerprint density at radius 1 is 0.685 bits per heavy atom. The smallest absolute Gasteiger partial charge is 0.326 e. The molecule has 1 saturated heterocycles. The van der Waals surface area contributed by atoms with Gasteiger partial charge in [-0.15, -0.1) is 0 Å². The number of aromatic nitrogens is 2. The molecule has 8 atom stereocenters. The van der Waals surface area contributed by atoms with E-state index in [4.69, 9.17) is 5.73 Å². The highest BCUT2D eigenvalue weighted by molar-refractivity contribution is 5.96. The van der Waals surface area contributed by atoms with Crippen LogP contribution in [-0.4, -0.2) is 134 Å². The van der Waals surface area contributed by atoms with Gasteiger partial charge in [-0.05, 0) is 74.5 Å². The van der Waals surface area contributed by atoms with Gasteiger partial charge in [0.25, 0.3) is 0 Å². The minimum Gasteiger partial charge on any atom is -0.480 e. The van der Waals surface area contributed by atoms with Gasteiger partial charge in [0.05, 0.1) is 24.9 Å². The number of nitrogens with one attached hydrogen (secondary N) is 7. The van der Waals surface area contributed by atoms with Gasteiger partial charge in [0.1, 0.15) is 36.3 Å². The number of aliphatic hydroxyl groups excluding tert-OH is 1. The van der Waals surface area contributed by atoms with Crippen LogP contribution in [0.25, 0.3) is 0 Å². The van der Waals surface area contributed by atoms with Crippen molar-refractivity contribution in [1.29, 1.82) is 0 Å². The maximum atomic E-state index is 14.5. The number of imidazole rings is 1. The van der Waals surface area contributed by atoms with Crippen LogP contribution in [-0.2, 0) is 57.6 Å². The van der Waals surface area contributed by atoms with E-state index in [1.807, 2.05) is 33.8 Å². The summed E-state index contributed by atoms with van der Waals surface area (Å²) in [6, 6.07) is 10.1. The van der Waals surface area contributed by atoms with Crippen molar-refractivity contribution >= 4 is 47.3 Å². The highest BCUT2D eigenvalue weighted by Gasteiger charge is 2.40.